The van der Waals surface area contributed by atoms with Gasteiger partial charge in [-0.1, -0.05) is 68.4 Å². The van der Waals surface area contributed by atoms with Crippen LogP contribution in [0.4, 0.5) is 4.39 Å². The Morgan fingerprint density at radius 1 is 0.886 bits per heavy atom. The Labute approximate surface area is 206 Å². The number of hydrogen-bond donors (Lipinski definition) is 1. The molecule has 184 valence electrons. The number of amides is 2. The number of hydrogen-bond acceptors (Lipinski definition) is 3. The molecule has 3 rings (SSSR count). The van der Waals surface area contributed by atoms with Gasteiger partial charge < -0.3 is 15.0 Å². The Hall–Kier alpha value is -3.67. The summed E-state index contributed by atoms with van der Waals surface area (Å²) in [7, 11) is 1.59. The van der Waals surface area contributed by atoms with E-state index in [1.165, 1.54) is 12.1 Å². The van der Waals surface area contributed by atoms with Crippen molar-refractivity contribution in [3.8, 4) is 5.75 Å². The first-order chi connectivity index (χ1) is 16.9. The average Bonchev–Trinajstić information content (AvgIpc) is 2.86. The van der Waals surface area contributed by atoms with Gasteiger partial charge in [-0.25, -0.2) is 4.39 Å². The normalized spacial score (nSPS) is 11.7. The summed E-state index contributed by atoms with van der Waals surface area (Å²) >= 11 is 0. The lowest BCUT2D eigenvalue weighted by atomic mass is 10.0. The number of benzene rings is 3. The lowest BCUT2D eigenvalue weighted by Crippen LogP contribution is -2.51. The smallest absolute Gasteiger partial charge is 0.243 e. The molecule has 3 aromatic rings. The molecular weight excluding hydrogens is 443 g/mol. The van der Waals surface area contributed by atoms with Gasteiger partial charge in [0.1, 0.15) is 17.6 Å². The first kappa shape index (κ1) is 25.9. The van der Waals surface area contributed by atoms with Gasteiger partial charge in [-0.3, -0.25) is 9.59 Å². The topological polar surface area (TPSA) is 58.6 Å². The first-order valence-corrected chi connectivity index (χ1v) is 11.8. The van der Waals surface area contributed by atoms with E-state index in [4.69, 9.17) is 4.74 Å². The molecule has 3 aromatic carbocycles. The van der Waals surface area contributed by atoms with E-state index in [0.717, 1.165) is 16.7 Å². The lowest BCUT2D eigenvalue weighted by Gasteiger charge is -2.32. The van der Waals surface area contributed by atoms with E-state index in [-0.39, 0.29) is 36.5 Å². The van der Waals surface area contributed by atoms with Gasteiger partial charge >= 0.3 is 0 Å². The largest absolute Gasteiger partial charge is 0.497 e. The molecule has 0 spiro atoms. The molecule has 0 saturated carbocycles. The Kier molecular flexibility index (Phi) is 9.41. The number of rotatable bonds is 11. The van der Waals surface area contributed by atoms with Crippen LogP contribution in [0.25, 0.3) is 0 Å². The van der Waals surface area contributed by atoms with Crippen LogP contribution in [0.1, 0.15) is 30.5 Å². The van der Waals surface area contributed by atoms with Crippen LogP contribution in [-0.2, 0) is 29.0 Å². The monoisotopic (exact) mass is 476 g/mol. The minimum absolute atomic E-state index is 0.133. The summed E-state index contributed by atoms with van der Waals surface area (Å²) in [5.41, 5.74) is 2.53. The van der Waals surface area contributed by atoms with E-state index in [1.54, 1.807) is 24.1 Å². The van der Waals surface area contributed by atoms with E-state index in [2.05, 4.69) is 5.32 Å². The highest BCUT2D eigenvalue weighted by molar-refractivity contribution is 5.88. The molecule has 1 N–H and O–H groups in total. The maximum atomic E-state index is 13.7. The van der Waals surface area contributed by atoms with Gasteiger partial charge in [-0.05, 0) is 46.9 Å². The third-order valence-electron chi connectivity index (χ3n) is 5.74. The molecule has 5 nitrogen and oxygen atoms in total. The van der Waals surface area contributed by atoms with Gasteiger partial charge in [0.15, 0.2) is 0 Å². The zero-order valence-electron chi connectivity index (χ0n) is 20.5. The number of methoxy groups -OCH3 is 1. The van der Waals surface area contributed by atoms with Gasteiger partial charge in [0, 0.05) is 19.5 Å². The molecule has 0 aliphatic heterocycles. The number of ether oxygens (including phenoxy) is 1. The highest BCUT2D eigenvalue weighted by Crippen LogP contribution is 2.18. The third-order valence-corrected chi connectivity index (χ3v) is 5.74. The summed E-state index contributed by atoms with van der Waals surface area (Å²) in [6.45, 7) is 4.76. The van der Waals surface area contributed by atoms with Gasteiger partial charge in [0.2, 0.25) is 11.8 Å². The molecule has 1 atom stereocenters. The van der Waals surface area contributed by atoms with Gasteiger partial charge in [0.05, 0.1) is 13.5 Å². The van der Waals surface area contributed by atoms with Crippen LogP contribution in [0.3, 0.4) is 0 Å². The van der Waals surface area contributed by atoms with Crippen molar-refractivity contribution in [1.29, 1.82) is 0 Å². The molecule has 35 heavy (non-hydrogen) atoms. The molecule has 0 heterocycles. The van der Waals surface area contributed by atoms with Crippen molar-refractivity contribution >= 4 is 11.8 Å². The van der Waals surface area contributed by atoms with Crippen molar-refractivity contribution in [3.05, 3.63) is 101 Å². The number of nitrogens with one attached hydrogen (secondary N) is 1. The van der Waals surface area contributed by atoms with Crippen molar-refractivity contribution in [2.45, 2.75) is 39.3 Å². The fourth-order valence-electron chi connectivity index (χ4n) is 3.78. The molecule has 0 aromatic heterocycles. The van der Waals surface area contributed by atoms with Crippen molar-refractivity contribution in [2.24, 2.45) is 5.92 Å². The maximum absolute atomic E-state index is 13.7. The highest BCUT2D eigenvalue weighted by atomic mass is 19.1. The van der Waals surface area contributed by atoms with E-state index < -0.39 is 6.04 Å². The molecule has 0 aliphatic carbocycles. The second kappa shape index (κ2) is 12.7. The minimum atomic E-state index is -0.716. The van der Waals surface area contributed by atoms with Crippen LogP contribution in [0.5, 0.6) is 5.75 Å². The van der Waals surface area contributed by atoms with Gasteiger partial charge in [0.25, 0.3) is 0 Å². The fraction of sp³-hybridized carbons (Fsp3) is 0.310. The molecule has 0 aliphatic rings. The van der Waals surface area contributed by atoms with E-state index >= 15 is 0 Å². The van der Waals surface area contributed by atoms with E-state index in [1.807, 2.05) is 68.4 Å². The lowest BCUT2D eigenvalue weighted by molar-refractivity contribution is -0.140. The van der Waals surface area contributed by atoms with Crippen molar-refractivity contribution in [2.75, 3.05) is 13.7 Å². The van der Waals surface area contributed by atoms with Crippen LogP contribution in [0.15, 0.2) is 78.9 Å². The van der Waals surface area contributed by atoms with E-state index in [0.29, 0.717) is 18.7 Å². The Morgan fingerprint density at radius 2 is 1.51 bits per heavy atom. The predicted molar refractivity (Wildman–Crippen MR) is 135 cm³/mol. The zero-order chi connectivity index (χ0) is 25.2. The summed E-state index contributed by atoms with van der Waals surface area (Å²) in [6.07, 6.45) is 0.508. The molecular formula is C29H33FN2O3. The highest BCUT2D eigenvalue weighted by Gasteiger charge is 2.30. The Morgan fingerprint density at radius 3 is 2.11 bits per heavy atom. The molecule has 0 saturated heterocycles. The summed E-state index contributed by atoms with van der Waals surface area (Å²) in [5, 5.41) is 3.00. The minimum Gasteiger partial charge on any atom is -0.497 e. The van der Waals surface area contributed by atoms with Crippen LogP contribution in [0, 0.1) is 11.7 Å². The number of carbonyl (C=O) groups excluding carboxylic acids is 2. The van der Waals surface area contributed by atoms with Crippen LogP contribution in [-0.4, -0.2) is 36.4 Å². The molecule has 2 amide bonds. The van der Waals surface area contributed by atoms with Gasteiger partial charge in [-0.15, -0.1) is 0 Å². The van der Waals surface area contributed by atoms with Crippen molar-refractivity contribution in [3.63, 3.8) is 0 Å². The average molecular weight is 477 g/mol. The second-order valence-corrected chi connectivity index (χ2v) is 9.02. The number of carbonyl (C=O) groups is 2. The first-order valence-electron chi connectivity index (χ1n) is 11.8. The number of nitrogens with zero attached hydrogens (tertiary/aromatic N) is 1. The molecule has 0 unspecified atom stereocenters. The second-order valence-electron chi connectivity index (χ2n) is 9.02. The van der Waals surface area contributed by atoms with Gasteiger partial charge in [-0.2, -0.15) is 0 Å². The fourth-order valence-corrected chi connectivity index (χ4v) is 3.78. The molecule has 0 bridgehead atoms. The SMILES string of the molecule is COc1ccc(CC(=O)N(Cc2ccc(F)cc2)[C@@H](Cc2ccccc2)C(=O)NCC(C)C)cc1. The molecule has 0 fully saturated rings. The zero-order valence-corrected chi connectivity index (χ0v) is 20.5. The molecule has 6 heteroatoms. The summed E-state index contributed by atoms with van der Waals surface area (Å²) in [6, 6.07) is 22.3. The summed E-state index contributed by atoms with van der Waals surface area (Å²) < 4.78 is 18.7. The summed E-state index contributed by atoms with van der Waals surface area (Å²) in [5.74, 6) is 0.254. The summed E-state index contributed by atoms with van der Waals surface area (Å²) in [4.78, 5) is 28.7. The van der Waals surface area contributed by atoms with Crippen LogP contribution in [0.2, 0.25) is 0 Å². The van der Waals surface area contributed by atoms with Crippen LogP contribution < -0.4 is 10.1 Å². The standard InChI is InChI=1S/C29H33FN2O3/c1-21(2)19-31-29(34)27(17-22-7-5-4-6-8-22)32(20-24-9-13-25(30)14-10-24)28(33)18-23-11-15-26(35-3)16-12-23/h4-16,21,27H,17-20H2,1-3H3,(H,31,34)/t27-/m0/s1. The van der Waals surface area contributed by atoms with E-state index in [9.17, 15) is 14.0 Å². The predicted octanol–water partition coefficient (Wildman–Crippen LogP) is 4.79. The Bertz CT molecular complexity index is 1080. The third kappa shape index (κ3) is 7.95. The van der Waals surface area contributed by atoms with Crippen molar-refractivity contribution in [1.82, 2.24) is 10.2 Å². The molecule has 0 radical (unpaired) electrons. The van der Waals surface area contributed by atoms with Crippen molar-refractivity contribution < 1.29 is 18.7 Å². The van der Waals surface area contributed by atoms with Crippen LogP contribution >= 0.6 is 0 Å². The number of halogens is 1. The quantitative estimate of drug-likeness (QED) is 0.433. The Balaban J connectivity index is 1.93. The maximum Gasteiger partial charge on any atom is 0.243 e.